The van der Waals surface area contributed by atoms with Crippen molar-refractivity contribution in [2.24, 2.45) is 0 Å². The Kier molecular flexibility index (Phi) is 6.60. The minimum atomic E-state index is -0.237. The zero-order chi connectivity index (χ0) is 12.5. The predicted molar refractivity (Wildman–Crippen MR) is 65.1 cm³/mol. The predicted octanol–water partition coefficient (Wildman–Crippen LogP) is 0.606. The molecule has 1 fully saturated rings. The number of amides is 1. The lowest BCUT2D eigenvalue weighted by atomic mass is 10.2. The third-order valence-corrected chi connectivity index (χ3v) is 2.98. The van der Waals surface area contributed by atoms with Crippen LogP contribution in [0.15, 0.2) is 0 Å². The normalized spacial score (nSPS) is 19.3. The summed E-state index contributed by atoms with van der Waals surface area (Å²) in [6.07, 6.45) is 4.29. The molecule has 1 aliphatic rings. The number of likely N-dealkylation sites (tertiary alicyclic amines) is 1. The third kappa shape index (κ3) is 4.72. The van der Waals surface area contributed by atoms with Gasteiger partial charge in [0.15, 0.2) is 0 Å². The quantitative estimate of drug-likeness (QED) is 0.505. The van der Waals surface area contributed by atoms with Crippen LogP contribution in [0, 0.1) is 6.57 Å². The van der Waals surface area contributed by atoms with E-state index in [1.54, 1.807) is 4.90 Å². The van der Waals surface area contributed by atoms with E-state index in [4.69, 9.17) is 11.7 Å². The lowest BCUT2D eigenvalue weighted by Gasteiger charge is -2.16. The van der Waals surface area contributed by atoms with E-state index in [9.17, 15) is 4.79 Å². The highest BCUT2D eigenvalue weighted by molar-refractivity contribution is 5.79. The number of nitrogens with one attached hydrogen (secondary N) is 1. The summed E-state index contributed by atoms with van der Waals surface area (Å²) in [6.45, 7) is 9.07. The highest BCUT2D eigenvalue weighted by Crippen LogP contribution is 2.17. The summed E-state index contributed by atoms with van der Waals surface area (Å²) in [7, 11) is 0. The molecule has 0 spiro atoms. The Morgan fingerprint density at radius 2 is 2.29 bits per heavy atom. The number of carbonyl (C=O) groups is 1. The molecule has 2 N–H and O–H groups in total. The molecule has 1 heterocycles. The SMILES string of the molecule is [C-]#[N+][C@@H]1CCCN1C(=O)CNCCCCCO. The van der Waals surface area contributed by atoms with Crippen LogP contribution in [0.4, 0.5) is 0 Å². The Bertz CT molecular complexity index is 275. The van der Waals surface area contributed by atoms with Gasteiger partial charge in [-0.2, -0.15) is 0 Å². The van der Waals surface area contributed by atoms with Crippen LogP contribution in [-0.4, -0.2) is 48.3 Å². The van der Waals surface area contributed by atoms with Crippen LogP contribution in [0.1, 0.15) is 32.1 Å². The Balaban J connectivity index is 2.11. The molecule has 1 atom stereocenters. The van der Waals surface area contributed by atoms with Crippen LogP contribution < -0.4 is 5.32 Å². The number of hydrogen-bond acceptors (Lipinski definition) is 3. The van der Waals surface area contributed by atoms with Crippen molar-refractivity contribution in [1.29, 1.82) is 0 Å². The first kappa shape index (κ1) is 13.9. The minimum absolute atomic E-state index is 0.0330. The molecule has 1 saturated heterocycles. The summed E-state index contributed by atoms with van der Waals surface area (Å²) in [5, 5.41) is 11.7. The summed E-state index contributed by atoms with van der Waals surface area (Å²) >= 11 is 0. The van der Waals surface area contributed by atoms with E-state index in [0.717, 1.165) is 45.2 Å². The molecule has 5 heteroatoms. The fourth-order valence-corrected chi connectivity index (χ4v) is 2.01. The maximum Gasteiger partial charge on any atom is 0.300 e. The van der Waals surface area contributed by atoms with E-state index in [1.807, 2.05) is 0 Å². The van der Waals surface area contributed by atoms with Crippen molar-refractivity contribution in [1.82, 2.24) is 10.2 Å². The van der Waals surface area contributed by atoms with Gasteiger partial charge in [0.05, 0.1) is 6.54 Å². The summed E-state index contributed by atoms with van der Waals surface area (Å²) in [6, 6.07) is 0. The van der Waals surface area contributed by atoms with Crippen molar-refractivity contribution in [3.63, 3.8) is 0 Å². The van der Waals surface area contributed by atoms with E-state index in [-0.39, 0.29) is 18.7 Å². The fourth-order valence-electron chi connectivity index (χ4n) is 2.01. The number of rotatable bonds is 7. The summed E-state index contributed by atoms with van der Waals surface area (Å²) in [5.74, 6) is 0.0330. The van der Waals surface area contributed by atoms with E-state index in [1.165, 1.54) is 0 Å². The molecule has 17 heavy (non-hydrogen) atoms. The number of carbonyl (C=O) groups excluding carboxylic acids is 1. The second-order valence-electron chi connectivity index (χ2n) is 4.30. The molecular weight excluding hydrogens is 218 g/mol. The monoisotopic (exact) mass is 239 g/mol. The molecule has 0 aromatic rings. The van der Waals surface area contributed by atoms with Crippen LogP contribution in [-0.2, 0) is 4.79 Å². The molecule has 0 radical (unpaired) electrons. The standard InChI is InChI=1S/C12H21N3O2/c1-13-11-6-5-8-15(11)12(17)10-14-7-3-2-4-9-16/h11,14,16H,2-10H2/t11-/m0/s1. The van der Waals surface area contributed by atoms with Crippen molar-refractivity contribution in [3.8, 4) is 0 Å². The van der Waals surface area contributed by atoms with Crippen molar-refractivity contribution >= 4 is 5.91 Å². The van der Waals surface area contributed by atoms with Gasteiger partial charge in [-0.1, -0.05) is 0 Å². The van der Waals surface area contributed by atoms with Crippen LogP contribution in [0.3, 0.4) is 0 Å². The maximum absolute atomic E-state index is 11.8. The van der Waals surface area contributed by atoms with Crippen molar-refractivity contribution in [2.45, 2.75) is 38.3 Å². The molecule has 0 aromatic carbocycles. The van der Waals surface area contributed by atoms with Gasteiger partial charge in [0.1, 0.15) is 0 Å². The van der Waals surface area contributed by atoms with Crippen LogP contribution >= 0.6 is 0 Å². The van der Waals surface area contributed by atoms with Crippen LogP contribution in [0.2, 0.25) is 0 Å². The summed E-state index contributed by atoms with van der Waals surface area (Å²) < 4.78 is 0. The van der Waals surface area contributed by atoms with Gasteiger partial charge in [-0.3, -0.25) is 14.5 Å². The lowest BCUT2D eigenvalue weighted by Crippen LogP contribution is -2.40. The zero-order valence-corrected chi connectivity index (χ0v) is 10.2. The highest BCUT2D eigenvalue weighted by atomic mass is 16.2. The molecular formula is C12H21N3O2. The van der Waals surface area contributed by atoms with Crippen molar-refractivity contribution < 1.29 is 9.90 Å². The largest absolute Gasteiger partial charge is 0.396 e. The van der Waals surface area contributed by atoms with Gasteiger partial charge in [-0.05, 0) is 32.2 Å². The topological polar surface area (TPSA) is 56.9 Å². The van der Waals surface area contributed by atoms with Gasteiger partial charge in [-0.25, -0.2) is 6.57 Å². The number of hydrogen-bond donors (Lipinski definition) is 2. The highest BCUT2D eigenvalue weighted by Gasteiger charge is 2.32. The molecule has 0 bridgehead atoms. The summed E-state index contributed by atoms with van der Waals surface area (Å²) in [4.78, 5) is 16.9. The van der Waals surface area contributed by atoms with Gasteiger partial charge in [0.2, 0.25) is 5.91 Å². The number of aliphatic hydroxyl groups excluding tert-OH is 1. The van der Waals surface area contributed by atoms with Gasteiger partial charge in [-0.15, -0.1) is 0 Å². The van der Waals surface area contributed by atoms with Gasteiger partial charge in [0, 0.05) is 19.6 Å². The van der Waals surface area contributed by atoms with Crippen LogP contribution in [0.25, 0.3) is 4.85 Å². The minimum Gasteiger partial charge on any atom is -0.396 e. The maximum atomic E-state index is 11.8. The van der Waals surface area contributed by atoms with Gasteiger partial charge >= 0.3 is 6.17 Å². The molecule has 96 valence electrons. The second kappa shape index (κ2) is 8.04. The van der Waals surface area contributed by atoms with Crippen molar-refractivity contribution in [2.75, 3.05) is 26.2 Å². The number of unbranched alkanes of at least 4 members (excludes halogenated alkanes) is 2. The van der Waals surface area contributed by atoms with E-state index in [2.05, 4.69) is 10.2 Å². The molecule has 1 aliphatic heterocycles. The van der Waals surface area contributed by atoms with Gasteiger partial charge in [0.25, 0.3) is 0 Å². The molecule has 0 saturated carbocycles. The molecule has 0 unspecified atom stereocenters. The smallest absolute Gasteiger partial charge is 0.300 e. The Morgan fingerprint density at radius 1 is 1.47 bits per heavy atom. The van der Waals surface area contributed by atoms with Crippen LogP contribution in [0.5, 0.6) is 0 Å². The molecule has 0 aromatic heterocycles. The van der Waals surface area contributed by atoms with Crippen molar-refractivity contribution in [3.05, 3.63) is 11.4 Å². The molecule has 1 amide bonds. The fraction of sp³-hybridized carbons (Fsp3) is 0.833. The average Bonchev–Trinajstić information content (AvgIpc) is 2.81. The average molecular weight is 239 g/mol. The molecule has 0 aliphatic carbocycles. The lowest BCUT2D eigenvalue weighted by molar-refractivity contribution is -0.130. The number of nitrogens with zero attached hydrogens (tertiary/aromatic N) is 2. The molecule has 1 rings (SSSR count). The Hall–Kier alpha value is -1.12. The second-order valence-corrected chi connectivity index (χ2v) is 4.30. The number of aliphatic hydroxyl groups is 1. The van der Waals surface area contributed by atoms with E-state index >= 15 is 0 Å². The van der Waals surface area contributed by atoms with E-state index < -0.39 is 0 Å². The first-order valence-electron chi connectivity index (χ1n) is 6.27. The first-order valence-corrected chi connectivity index (χ1v) is 6.27. The Labute approximate surface area is 103 Å². The van der Waals surface area contributed by atoms with E-state index in [0.29, 0.717) is 6.54 Å². The first-order chi connectivity index (χ1) is 8.29. The molecule has 5 nitrogen and oxygen atoms in total. The third-order valence-electron chi connectivity index (χ3n) is 2.98. The van der Waals surface area contributed by atoms with Gasteiger partial charge < -0.3 is 10.4 Å². The summed E-state index contributed by atoms with van der Waals surface area (Å²) in [5.41, 5.74) is 0. The zero-order valence-electron chi connectivity index (χ0n) is 10.2. The Morgan fingerprint density at radius 3 is 3.00 bits per heavy atom.